The molecule has 1 aromatic carbocycles. The first-order valence-corrected chi connectivity index (χ1v) is 8.15. The molecule has 0 atom stereocenters. The lowest BCUT2D eigenvalue weighted by Gasteiger charge is -2.31. The number of amides is 2. The number of benzene rings is 1. The molecule has 0 unspecified atom stereocenters. The Kier molecular flexibility index (Phi) is 6.31. The summed E-state index contributed by atoms with van der Waals surface area (Å²) in [6, 6.07) is 6.90. The molecule has 1 aliphatic rings. The van der Waals surface area contributed by atoms with Gasteiger partial charge in [0.15, 0.2) is 12.3 Å². The Hall–Kier alpha value is -2.41. The summed E-state index contributed by atoms with van der Waals surface area (Å²) in [6.07, 6.45) is -0.290. The molecule has 0 bridgehead atoms. The van der Waals surface area contributed by atoms with Crippen LogP contribution in [0.4, 0.5) is 10.5 Å². The van der Waals surface area contributed by atoms with Crippen LogP contribution >= 0.6 is 0 Å². The fraction of sp³-hybridized carbons (Fsp3) is 0.471. The summed E-state index contributed by atoms with van der Waals surface area (Å²) in [5.74, 6) is -0.137. The fourth-order valence-corrected chi connectivity index (χ4v) is 2.65. The quantitative estimate of drug-likeness (QED) is 0.753. The van der Waals surface area contributed by atoms with Crippen LogP contribution in [0.1, 0.15) is 24.2 Å². The van der Waals surface area contributed by atoms with E-state index in [2.05, 4.69) is 5.32 Å². The first-order chi connectivity index (χ1) is 11.5. The maximum atomic E-state index is 12.2. The zero-order valence-electron chi connectivity index (χ0n) is 14.1. The number of piperazine rings is 1. The molecule has 1 aliphatic heterocycles. The summed E-state index contributed by atoms with van der Waals surface area (Å²) < 4.78 is 4.98. The second kappa shape index (κ2) is 8.44. The van der Waals surface area contributed by atoms with E-state index in [0.717, 1.165) is 4.90 Å². The van der Waals surface area contributed by atoms with Crippen molar-refractivity contribution in [2.24, 2.45) is 0 Å². The Balaban J connectivity index is 1.80. The van der Waals surface area contributed by atoms with Crippen LogP contribution < -0.4 is 10.2 Å². The average Bonchev–Trinajstić information content (AvgIpc) is 2.55. The number of nitrogens with one attached hydrogen (secondary N) is 2. The summed E-state index contributed by atoms with van der Waals surface area (Å²) in [6.45, 7) is 6.57. The average molecular weight is 334 g/mol. The molecule has 0 spiro atoms. The number of nitrogens with zero attached hydrogens (tertiary/aromatic N) is 1. The van der Waals surface area contributed by atoms with Crippen molar-refractivity contribution in [2.75, 3.05) is 44.6 Å². The van der Waals surface area contributed by atoms with Gasteiger partial charge in [0, 0.05) is 11.3 Å². The Labute approximate surface area is 141 Å². The van der Waals surface area contributed by atoms with Gasteiger partial charge in [-0.3, -0.25) is 14.5 Å². The lowest BCUT2D eigenvalue weighted by atomic mass is 10.1. The summed E-state index contributed by atoms with van der Waals surface area (Å²) in [5.41, 5.74) is 1.19. The smallest absolute Gasteiger partial charge is 0.410 e. The highest BCUT2D eigenvalue weighted by Crippen LogP contribution is 2.10. The Morgan fingerprint density at radius 2 is 1.96 bits per heavy atom. The van der Waals surface area contributed by atoms with E-state index in [0.29, 0.717) is 50.6 Å². The molecule has 2 N–H and O–H groups in total. The third kappa shape index (κ3) is 5.06. The minimum absolute atomic E-state index is 0.0354. The molecule has 0 saturated carbocycles. The number of Topliss-reactive ketones (excluding diaryl/α,β-unsaturated/α-hetero) is 1. The van der Waals surface area contributed by atoms with Crippen LogP contribution in [-0.2, 0) is 9.53 Å². The number of hydrogen-bond acceptors (Lipinski definition) is 4. The first-order valence-electron chi connectivity index (χ1n) is 8.15. The van der Waals surface area contributed by atoms with Crippen molar-refractivity contribution in [1.29, 1.82) is 0 Å². The largest absolute Gasteiger partial charge is 0.450 e. The molecular weight excluding hydrogens is 310 g/mol. The molecule has 7 heteroatoms. The van der Waals surface area contributed by atoms with Crippen LogP contribution in [0.25, 0.3) is 0 Å². The van der Waals surface area contributed by atoms with Crippen molar-refractivity contribution in [2.45, 2.75) is 13.8 Å². The van der Waals surface area contributed by atoms with Gasteiger partial charge in [-0.1, -0.05) is 12.1 Å². The topological polar surface area (TPSA) is 80.2 Å². The van der Waals surface area contributed by atoms with Gasteiger partial charge in [-0.25, -0.2) is 4.79 Å². The number of carbonyl (C=O) groups excluding carboxylic acids is 3. The van der Waals surface area contributed by atoms with Crippen LogP contribution in [0, 0.1) is 0 Å². The maximum Gasteiger partial charge on any atom is 0.410 e. The van der Waals surface area contributed by atoms with Gasteiger partial charge < -0.3 is 15.0 Å². The predicted molar refractivity (Wildman–Crippen MR) is 89.2 cm³/mol. The zero-order chi connectivity index (χ0) is 17.5. The molecule has 1 fully saturated rings. The Morgan fingerprint density at radius 1 is 1.25 bits per heavy atom. The molecule has 2 amide bonds. The number of ketones is 1. The molecule has 0 aromatic heterocycles. The van der Waals surface area contributed by atoms with E-state index in [9.17, 15) is 14.4 Å². The number of hydrogen-bond donors (Lipinski definition) is 2. The SMILES string of the molecule is CCOC(=O)N1CC[NH+](CC(=O)Nc2cccc(C(C)=O)c2)CC1. The van der Waals surface area contributed by atoms with Gasteiger partial charge in [0.05, 0.1) is 32.8 Å². The van der Waals surface area contributed by atoms with Crippen LogP contribution in [-0.4, -0.2) is 62.0 Å². The normalized spacial score (nSPS) is 15.0. The standard InChI is InChI=1S/C17H23N3O4/c1-3-24-17(23)20-9-7-19(8-10-20)12-16(22)18-15-6-4-5-14(11-15)13(2)21/h4-6,11H,3,7-10,12H2,1-2H3,(H,18,22)/p+1. The van der Waals surface area contributed by atoms with E-state index in [1.165, 1.54) is 6.92 Å². The molecule has 2 rings (SSSR count). The Bertz CT molecular complexity index is 610. The lowest BCUT2D eigenvalue weighted by Crippen LogP contribution is -3.15. The fourth-order valence-electron chi connectivity index (χ4n) is 2.65. The maximum absolute atomic E-state index is 12.2. The third-order valence-electron chi connectivity index (χ3n) is 3.96. The van der Waals surface area contributed by atoms with E-state index in [4.69, 9.17) is 4.74 Å². The zero-order valence-corrected chi connectivity index (χ0v) is 14.1. The molecule has 1 heterocycles. The van der Waals surface area contributed by atoms with Gasteiger partial charge >= 0.3 is 6.09 Å². The molecular formula is C17H24N3O4+. The van der Waals surface area contributed by atoms with E-state index in [1.807, 2.05) is 0 Å². The van der Waals surface area contributed by atoms with Crippen LogP contribution in [0.15, 0.2) is 24.3 Å². The van der Waals surface area contributed by atoms with Crippen LogP contribution in [0.5, 0.6) is 0 Å². The van der Waals surface area contributed by atoms with Crippen LogP contribution in [0.2, 0.25) is 0 Å². The van der Waals surface area contributed by atoms with E-state index in [1.54, 1.807) is 36.1 Å². The minimum Gasteiger partial charge on any atom is -0.450 e. The molecule has 1 aromatic rings. The highest BCUT2D eigenvalue weighted by Gasteiger charge is 2.25. The molecule has 0 aliphatic carbocycles. The van der Waals surface area contributed by atoms with Gasteiger partial charge in [0.25, 0.3) is 5.91 Å². The van der Waals surface area contributed by atoms with Crippen molar-refractivity contribution in [3.8, 4) is 0 Å². The highest BCUT2D eigenvalue weighted by molar-refractivity contribution is 5.97. The van der Waals surface area contributed by atoms with Gasteiger partial charge in [-0.05, 0) is 26.0 Å². The van der Waals surface area contributed by atoms with Crippen molar-refractivity contribution < 1.29 is 24.0 Å². The predicted octanol–water partition coefficient (Wildman–Crippen LogP) is 0.185. The molecule has 130 valence electrons. The van der Waals surface area contributed by atoms with Crippen molar-refractivity contribution in [1.82, 2.24) is 4.90 Å². The number of ether oxygens (including phenoxy) is 1. The van der Waals surface area contributed by atoms with Crippen LogP contribution in [0.3, 0.4) is 0 Å². The second-order valence-corrected chi connectivity index (χ2v) is 5.80. The van der Waals surface area contributed by atoms with Crippen molar-refractivity contribution >= 4 is 23.5 Å². The van der Waals surface area contributed by atoms with E-state index >= 15 is 0 Å². The summed E-state index contributed by atoms with van der Waals surface area (Å²) >= 11 is 0. The number of anilines is 1. The summed E-state index contributed by atoms with van der Waals surface area (Å²) in [5, 5.41) is 2.82. The molecule has 0 radical (unpaired) electrons. The third-order valence-corrected chi connectivity index (χ3v) is 3.96. The van der Waals surface area contributed by atoms with Gasteiger partial charge in [-0.15, -0.1) is 0 Å². The molecule has 7 nitrogen and oxygen atoms in total. The number of rotatable bonds is 5. The van der Waals surface area contributed by atoms with Gasteiger partial charge in [0.2, 0.25) is 0 Å². The second-order valence-electron chi connectivity index (χ2n) is 5.80. The molecule has 1 saturated heterocycles. The summed E-state index contributed by atoms with van der Waals surface area (Å²) in [4.78, 5) is 38.0. The summed E-state index contributed by atoms with van der Waals surface area (Å²) in [7, 11) is 0. The van der Waals surface area contributed by atoms with Crippen molar-refractivity contribution in [3.63, 3.8) is 0 Å². The molecule has 24 heavy (non-hydrogen) atoms. The van der Waals surface area contributed by atoms with Gasteiger partial charge in [-0.2, -0.15) is 0 Å². The van der Waals surface area contributed by atoms with Crippen molar-refractivity contribution in [3.05, 3.63) is 29.8 Å². The van der Waals surface area contributed by atoms with E-state index < -0.39 is 0 Å². The van der Waals surface area contributed by atoms with Gasteiger partial charge in [0.1, 0.15) is 0 Å². The monoisotopic (exact) mass is 334 g/mol. The highest BCUT2D eigenvalue weighted by atomic mass is 16.6. The van der Waals surface area contributed by atoms with E-state index in [-0.39, 0.29) is 17.8 Å². The lowest BCUT2D eigenvalue weighted by molar-refractivity contribution is -0.895. The number of carbonyl (C=O) groups is 3. The minimum atomic E-state index is -0.290. The number of quaternary nitrogens is 1. The Morgan fingerprint density at radius 3 is 2.58 bits per heavy atom. The first kappa shape index (κ1) is 17.9.